The number of rotatable bonds is 8. The zero-order valence-corrected chi connectivity index (χ0v) is 19.2. The Hall–Kier alpha value is -3.54. The number of aromatic nitrogens is 3. The molecule has 1 amide bonds. The van der Waals surface area contributed by atoms with Crippen LogP contribution in [0.4, 0.5) is 10.6 Å². The molecular weight excluding hydrogens is 444 g/mol. The molecule has 1 aliphatic heterocycles. The molecule has 1 unspecified atom stereocenters. The minimum absolute atomic E-state index is 0.289. The van der Waals surface area contributed by atoms with Gasteiger partial charge in [-0.1, -0.05) is 0 Å². The van der Waals surface area contributed by atoms with Gasteiger partial charge in [0.2, 0.25) is 5.91 Å². The smallest absolute Gasteiger partial charge is 0.416 e. The summed E-state index contributed by atoms with van der Waals surface area (Å²) in [4.78, 5) is 32.4. The standard InChI is InChI=1S/C23H26N4O7/c1-14(28)25-21-10-16-17(12-27(22(29)30)19(16)11-24-21)18-8-15(34-7-6-31-2)9-20(26-18)23(32-3)4-5-33-13-23/h8-12H,4-7,13H2,1-3H3,(H,29,30)(H,24,25,28). The van der Waals surface area contributed by atoms with Gasteiger partial charge >= 0.3 is 6.09 Å². The van der Waals surface area contributed by atoms with Crippen LogP contribution in [0.25, 0.3) is 22.2 Å². The van der Waals surface area contributed by atoms with Crippen LogP contribution in [0.3, 0.4) is 0 Å². The first-order chi connectivity index (χ1) is 16.4. The van der Waals surface area contributed by atoms with Gasteiger partial charge in [-0.2, -0.15) is 0 Å². The Morgan fingerprint density at radius 3 is 2.74 bits per heavy atom. The lowest BCUT2D eigenvalue weighted by molar-refractivity contribution is -0.114. The van der Waals surface area contributed by atoms with Gasteiger partial charge in [-0.15, -0.1) is 0 Å². The Balaban J connectivity index is 1.90. The molecule has 0 spiro atoms. The zero-order chi connectivity index (χ0) is 24.3. The van der Waals surface area contributed by atoms with Crippen molar-refractivity contribution in [2.24, 2.45) is 0 Å². The number of amides is 1. The van der Waals surface area contributed by atoms with Crippen molar-refractivity contribution in [1.82, 2.24) is 14.5 Å². The van der Waals surface area contributed by atoms with Crippen molar-refractivity contribution in [1.29, 1.82) is 0 Å². The SMILES string of the molecule is COCCOc1cc(-c2cn(C(=O)O)c3cnc(NC(C)=O)cc23)nc(C2(OC)CCOC2)c1. The Morgan fingerprint density at radius 1 is 1.26 bits per heavy atom. The highest BCUT2D eigenvalue weighted by atomic mass is 16.6. The molecule has 1 fully saturated rings. The van der Waals surface area contributed by atoms with Crippen LogP contribution in [-0.4, -0.2) is 72.3 Å². The first kappa shape index (κ1) is 23.6. The van der Waals surface area contributed by atoms with E-state index in [9.17, 15) is 14.7 Å². The van der Waals surface area contributed by atoms with Gasteiger partial charge in [0.1, 0.15) is 23.8 Å². The highest BCUT2D eigenvalue weighted by Gasteiger charge is 2.39. The molecule has 3 aromatic rings. The molecular formula is C23H26N4O7. The molecule has 0 aromatic carbocycles. The number of hydrogen-bond acceptors (Lipinski definition) is 8. The Bertz CT molecular complexity index is 1220. The van der Waals surface area contributed by atoms with Gasteiger partial charge in [0.05, 0.1) is 36.3 Å². The van der Waals surface area contributed by atoms with Crippen molar-refractivity contribution in [2.75, 3.05) is 46.0 Å². The molecule has 0 radical (unpaired) electrons. The van der Waals surface area contributed by atoms with E-state index in [0.717, 1.165) is 4.57 Å². The summed E-state index contributed by atoms with van der Waals surface area (Å²) in [5.41, 5.74) is 1.25. The summed E-state index contributed by atoms with van der Waals surface area (Å²) in [5.74, 6) is 0.547. The van der Waals surface area contributed by atoms with Gasteiger partial charge in [-0.05, 0) is 6.07 Å². The van der Waals surface area contributed by atoms with E-state index >= 15 is 0 Å². The van der Waals surface area contributed by atoms with Gasteiger partial charge in [0.25, 0.3) is 0 Å². The minimum atomic E-state index is -1.17. The summed E-state index contributed by atoms with van der Waals surface area (Å²) < 4.78 is 23.5. The zero-order valence-electron chi connectivity index (χ0n) is 19.2. The van der Waals surface area contributed by atoms with E-state index in [1.807, 2.05) is 0 Å². The highest BCUT2D eigenvalue weighted by molar-refractivity contribution is 6.01. The lowest BCUT2D eigenvalue weighted by atomic mass is 9.96. The molecule has 2 N–H and O–H groups in total. The fourth-order valence-electron chi connectivity index (χ4n) is 3.95. The predicted octanol–water partition coefficient (Wildman–Crippen LogP) is 2.87. The van der Waals surface area contributed by atoms with E-state index in [-0.39, 0.29) is 5.91 Å². The first-order valence-electron chi connectivity index (χ1n) is 10.7. The quantitative estimate of drug-likeness (QED) is 0.477. The van der Waals surface area contributed by atoms with Crippen LogP contribution in [0.15, 0.2) is 30.6 Å². The molecule has 3 aromatic heterocycles. The Morgan fingerprint density at radius 2 is 2.09 bits per heavy atom. The van der Waals surface area contributed by atoms with Crippen molar-refractivity contribution in [2.45, 2.75) is 18.9 Å². The number of anilines is 1. The maximum Gasteiger partial charge on any atom is 0.416 e. The summed E-state index contributed by atoms with van der Waals surface area (Å²) in [7, 11) is 3.19. The molecule has 4 heterocycles. The van der Waals surface area contributed by atoms with Crippen molar-refractivity contribution in [3.05, 3.63) is 36.3 Å². The molecule has 180 valence electrons. The van der Waals surface area contributed by atoms with E-state index in [0.29, 0.717) is 72.3 Å². The fourth-order valence-corrected chi connectivity index (χ4v) is 3.95. The number of pyridine rings is 2. The maximum absolute atomic E-state index is 11.9. The second-order valence-corrected chi connectivity index (χ2v) is 7.88. The minimum Gasteiger partial charge on any atom is -0.491 e. The Kier molecular flexibility index (Phi) is 6.77. The third-order valence-corrected chi connectivity index (χ3v) is 5.68. The number of methoxy groups -OCH3 is 2. The highest BCUT2D eigenvalue weighted by Crippen LogP contribution is 2.38. The van der Waals surface area contributed by atoms with Crippen LogP contribution >= 0.6 is 0 Å². The third kappa shape index (κ3) is 4.58. The molecule has 1 saturated heterocycles. The number of carboxylic acid groups (broad SMARTS) is 1. The summed E-state index contributed by atoms with van der Waals surface area (Å²) in [5, 5.41) is 12.9. The van der Waals surface area contributed by atoms with Gasteiger partial charge < -0.3 is 29.4 Å². The lowest BCUT2D eigenvalue weighted by Gasteiger charge is -2.26. The maximum atomic E-state index is 11.9. The number of hydrogen-bond donors (Lipinski definition) is 2. The van der Waals surface area contributed by atoms with Gasteiger partial charge in [-0.25, -0.2) is 14.8 Å². The van der Waals surface area contributed by atoms with Crippen LogP contribution in [-0.2, 0) is 24.6 Å². The molecule has 0 aliphatic carbocycles. The first-order valence-corrected chi connectivity index (χ1v) is 10.7. The van der Waals surface area contributed by atoms with Crippen LogP contribution in [0.1, 0.15) is 19.0 Å². The molecule has 34 heavy (non-hydrogen) atoms. The van der Waals surface area contributed by atoms with Gasteiger partial charge in [0, 0.05) is 63.5 Å². The van der Waals surface area contributed by atoms with Gasteiger partial charge in [0.15, 0.2) is 0 Å². The van der Waals surface area contributed by atoms with Crippen LogP contribution < -0.4 is 10.1 Å². The number of fused-ring (bicyclic) bond motifs is 1. The number of carbonyl (C=O) groups is 2. The summed E-state index contributed by atoms with van der Waals surface area (Å²) in [6.45, 7) is 2.96. The third-order valence-electron chi connectivity index (χ3n) is 5.68. The van der Waals surface area contributed by atoms with Crippen molar-refractivity contribution in [3.63, 3.8) is 0 Å². The Labute approximate surface area is 195 Å². The van der Waals surface area contributed by atoms with Crippen LogP contribution in [0.2, 0.25) is 0 Å². The van der Waals surface area contributed by atoms with E-state index in [1.54, 1.807) is 32.4 Å². The van der Waals surface area contributed by atoms with E-state index in [1.165, 1.54) is 19.3 Å². The number of nitrogens with zero attached hydrogens (tertiary/aromatic N) is 3. The lowest BCUT2D eigenvalue weighted by Crippen LogP contribution is -2.30. The monoisotopic (exact) mass is 470 g/mol. The van der Waals surface area contributed by atoms with Gasteiger partial charge in [-0.3, -0.25) is 9.36 Å². The van der Waals surface area contributed by atoms with Crippen molar-refractivity contribution in [3.8, 4) is 17.0 Å². The van der Waals surface area contributed by atoms with E-state index in [2.05, 4.69) is 10.3 Å². The molecule has 0 bridgehead atoms. The van der Waals surface area contributed by atoms with E-state index < -0.39 is 11.7 Å². The topological polar surface area (TPSA) is 134 Å². The molecule has 1 aliphatic rings. The van der Waals surface area contributed by atoms with Crippen molar-refractivity contribution < 1.29 is 33.6 Å². The summed E-state index contributed by atoms with van der Waals surface area (Å²) in [6, 6.07) is 5.16. The molecule has 11 nitrogen and oxygen atoms in total. The largest absolute Gasteiger partial charge is 0.491 e. The molecule has 1 atom stereocenters. The van der Waals surface area contributed by atoms with E-state index in [4.69, 9.17) is 23.9 Å². The fraction of sp³-hybridized carbons (Fsp3) is 0.391. The van der Waals surface area contributed by atoms with Crippen molar-refractivity contribution >= 4 is 28.7 Å². The normalized spacial score (nSPS) is 17.7. The average molecular weight is 470 g/mol. The predicted molar refractivity (Wildman–Crippen MR) is 122 cm³/mol. The average Bonchev–Trinajstić information content (AvgIpc) is 3.44. The summed E-state index contributed by atoms with van der Waals surface area (Å²) in [6.07, 6.45) is 2.32. The number of carbonyl (C=O) groups excluding carboxylic acids is 1. The number of nitrogens with one attached hydrogen (secondary N) is 1. The van der Waals surface area contributed by atoms with Crippen LogP contribution in [0.5, 0.6) is 5.75 Å². The second-order valence-electron chi connectivity index (χ2n) is 7.88. The molecule has 0 saturated carbocycles. The van der Waals surface area contributed by atoms with Crippen LogP contribution in [0, 0.1) is 0 Å². The molecule has 11 heteroatoms. The summed E-state index contributed by atoms with van der Waals surface area (Å²) >= 11 is 0. The molecule has 4 rings (SSSR count). The second kappa shape index (κ2) is 9.75. The number of ether oxygens (including phenoxy) is 4.